The average Bonchev–Trinajstić information content (AvgIpc) is 2.38. The van der Waals surface area contributed by atoms with Gasteiger partial charge in [0.15, 0.2) is 0 Å². The van der Waals surface area contributed by atoms with Gasteiger partial charge in [-0.3, -0.25) is 0 Å². The Hall–Kier alpha value is -0.573. The zero-order valence-electron chi connectivity index (χ0n) is 12.3. The SMILES string of the molecule is CCCCOC(=O)/C=C/[Si](CCCC)CCCC. The van der Waals surface area contributed by atoms with Gasteiger partial charge in [0.25, 0.3) is 0 Å². The molecule has 0 bridgehead atoms. The fourth-order valence-corrected chi connectivity index (χ4v) is 4.22. The molecule has 18 heavy (non-hydrogen) atoms. The van der Waals surface area contributed by atoms with Gasteiger partial charge in [0.2, 0.25) is 0 Å². The molecule has 0 unspecified atom stereocenters. The van der Waals surface area contributed by atoms with Gasteiger partial charge in [-0.2, -0.15) is 0 Å². The minimum atomic E-state index is -0.476. The third-order valence-corrected chi connectivity index (χ3v) is 5.53. The van der Waals surface area contributed by atoms with Gasteiger partial charge in [0.05, 0.1) is 15.4 Å². The summed E-state index contributed by atoms with van der Waals surface area (Å²) < 4.78 is 5.13. The Balaban J connectivity index is 3.98. The largest absolute Gasteiger partial charge is 0.463 e. The molecule has 0 spiro atoms. The molecule has 0 amide bonds. The zero-order chi connectivity index (χ0) is 13.6. The summed E-state index contributed by atoms with van der Waals surface area (Å²) in [6.07, 6.45) is 8.77. The number of carbonyl (C=O) groups excluding carboxylic acids is 1. The van der Waals surface area contributed by atoms with Crippen LogP contribution in [0, 0.1) is 0 Å². The van der Waals surface area contributed by atoms with Crippen LogP contribution in [0.3, 0.4) is 0 Å². The molecule has 0 atom stereocenters. The summed E-state index contributed by atoms with van der Waals surface area (Å²) in [5.74, 6) is -0.154. The van der Waals surface area contributed by atoms with Crippen molar-refractivity contribution >= 4 is 14.8 Å². The normalized spacial score (nSPS) is 11.3. The number of hydrogen-bond acceptors (Lipinski definition) is 2. The molecule has 0 heterocycles. The highest BCUT2D eigenvalue weighted by Crippen LogP contribution is 2.11. The van der Waals surface area contributed by atoms with Gasteiger partial charge in [0, 0.05) is 6.08 Å². The lowest BCUT2D eigenvalue weighted by molar-refractivity contribution is -0.137. The molecule has 0 saturated carbocycles. The molecule has 3 heteroatoms. The second-order valence-corrected chi connectivity index (χ2v) is 7.37. The minimum absolute atomic E-state index is 0.154. The van der Waals surface area contributed by atoms with Gasteiger partial charge < -0.3 is 4.74 Å². The Morgan fingerprint density at radius 1 is 1.00 bits per heavy atom. The van der Waals surface area contributed by atoms with Crippen LogP contribution in [-0.4, -0.2) is 21.4 Å². The van der Waals surface area contributed by atoms with E-state index >= 15 is 0 Å². The van der Waals surface area contributed by atoms with E-state index in [1.165, 1.54) is 37.8 Å². The van der Waals surface area contributed by atoms with Crippen LogP contribution in [0.15, 0.2) is 11.8 Å². The van der Waals surface area contributed by atoms with Gasteiger partial charge in [-0.15, -0.1) is 0 Å². The van der Waals surface area contributed by atoms with E-state index in [1.807, 2.05) is 0 Å². The average molecular weight is 269 g/mol. The Bertz CT molecular complexity index is 219. The first kappa shape index (κ1) is 17.4. The van der Waals surface area contributed by atoms with Crippen molar-refractivity contribution in [1.82, 2.24) is 0 Å². The van der Waals surface area contributed by atoms with Crippen molar-refractivity contribution in [1.29, 1.82) is 0 Å². The third-order valence-electron chi connectivity index (χ3n) is 2.90. The second-order valence-electron chi connectivity index (χ2n) is 4.72. The highest BCUT2D eigenvalue weighted by Gasteiger charge is 2.07. The van der Waals surface area contributed by atoms with Gasteiger partial charge in [-0.05, 0) is 6.42 Å². The van der Waals surface area contributed by atoms with Crippen molar-refractivity contribution in [3.63, 3.8) is 0 Å². The molecule has 0 saturated heterocycles. The number of ether oxygens (including phenoxy) is 1. The lowest BCUT2D eigenvalue weighted by Crippen LogP contribution is -2.10. The summed E-state index contributed by atoms with van der Waals surface area (Å²) >= 11 is 0. The van der Waals surface area contributed by atoms with Crippen molar-refractivity contribution in [2.24, 2.45) is 0 Å². The maximum absolute atomic E-state index is 11.5. The molecule has 0 aromatic carbocycles. The van der Waals surface area contributed by atoms with Crippen LogP contribution in [0.2, 0.25) is 12.1 Å². The molecular formula is C15H29O2Si. The molecule has 0 fully saturated rings. The molecule has 0 aliphatic heterocycles. The summed E-state index contributed by atoms with van der Waals surface area (Å²) in [6.45, 7) is 7.11. The Morgan fingerprint density at radius 3 is 2.06 bits per heavy atom. The molecular weight excluding hydrogens is 240 g/mol. The van der Waals surface area contributed by atoms with Crippen molar-refractivity contribution in [3.05, 3.63) is 11.8 Å². The van der Waals surface area contributed by atoms with Crippen molar-refractivity contribution in [2.75, 3.05) is 6.61 Å². The molecule has 1 radical (unpaired) electrons. The second kappa shape index (κ2) is 12.9. The first-order valence-corrected chi connectivity index (χ1v) is 9.43. The van der Waals surface area contributed by atoms with Crippen molar-refractivity contribution in [2.45, 2.75) is 71.4 Å². The Labute approximate surface area is 114 Å². The Kier molecular flexibility index (Phi) is 12.5. The van der Waals surface area contributed by atoms with Crippen LogP contribution in [0.5, 0.6) is 0 Å². The van der Waals surface area contributed by atoms with Crippen LogP contribution in [0.1, 0.15) is 59.3 Å². The first-order chi connectivity index (χ1) is 8.74. The zero-order valence-corrected chi connectivity index (χ0v) is 13.3. The van der Waals surface area contributed by atoms with Crippen LogP contribution >= 0.6 is 0 Å². The summed E-state index contributed by atoms with van der Waals surface area (Å²) in [4.78, 5) is 11.5. The molecule has 0 rings (SSSR count). The van der Waals surface area contributed by atoms with E-state index in [-0.39, 0.29) is 5.97 Å². The third kappa shape index (κ3) is 10.6. The summed E-state index contributed by atoms with van der Waals surface area (Å²) in [5.41, 5.74) is 2.16. The van der Waals surface area contributed by atoms with E-state index in [0.717, 1.165) is 12.8 Å². The summed E-state index contributed by atoms with van der Waals surface area (Å²) in [6, 6.07) is 2.58. The molecule has 0 N–H and O–H groups in total. The lowest BCUT2D eigenvalue weighted by Gasteiger charge is -2.09. The fourth-order valence-electron chi connectivity index (χ4n) is 1.65. The molecule has 0 aliphatic carbocycles. The monoisotopic (exact) mass is 269 g/mol. The smallest absolute Gasteiger partial charge is 0.330 e. The van der Waals surface area contributed by atoms with Crippen LogP contribution < -0.4 is 0 Å². The van der Waals surface area contributed by atoms with Crippen molar-refractivity contribution < 1.29 is 9.53 Å². The molecule has 2 nitrogen and oxygen atoms in total. The first-order valence-electron chi connectivity index (χ1n) is 7.44. The Morgan fingerprint density at radius 2 is 1.56 bits per heavy atom. The van der Waals surface area contributed by atoms with E-state index in [1.54, 1.807) is 6.08 Å². The highest BCUT2D eigenvalue weighted by atomic mass is 28.3. The number of carbonyl (C=O) groups is 1. The van der Waals surface area contributed by atoms with E-state index in [0.29, 0.717) is 6.61 Å². The number of hydrogen-bond donors (Lipinski definition) is 0. The standard InChI is InChI=1S/C15H29O2Si/c1-4-7-11-17-15(16)10-14-18(12-8-5-2)13-9-6-3/h10,14H,4-9,11-13H2,1-3H3/b14-10+. The summed E-state index contributed by atoms with van der Waals surface area (Å²) in [7, 11) is -0.476. The molecule has 105 valence electrons. The van der Waals surface area contributed by atoms with Gasteiger partial charge in [-0.1, -0.05) is 70.7 Å². The predicted molar refractivity (Wildman–Crippen MR) is 80.2 cm³/mol. The number of unbranched alkanes of at least 4 members (excludes halogenated alkanes) is 3. The lowest BCUT2D eigenvalue weighted by atomic mass is 10.4. The quantitative estimate of drug-likeness (QED) is 0.238. The van der Waals surface area contributed by atoms with Crippen LogP contribution in [0.25, 0.3) is 0 Å². The molecule has 0 aromatic rings. The van der Waals surface area contributed by atoms with E-state index < -0.39 is 8.80 Å². The van der Waals surface area contributed by atoms with E-state index in [4.69, 9.17) is 4.74 Å². The highest BCUT2D eigenvalue weighted by molar-refractivity contribution is 6.64. The van der Waals surface area contributed by atoms with E-state index in [2.05, 4.69) is 26.5 Å². The van der Waals surface area contributed by atoms with Crippen LogP contribution in [-0.2, 0) is 9.53 Å². The molecule has 0 aromatic heterocycles. The summed E-state index contributed by atoms with van der Waals surface area (Å²) in [5, 5.41) is 0. The predicted octanol–water partition coefficient (Wildman–Crippen LogP) is 4.52. The van der Waals surface area contributed by atoms with Crippen LogP contribution in [0.4, 0.5) is 0 Å². The van der Waals surface area contributed by atoms with Crippen molar-refractivity contribution in [3.8, 4) is 0 Å². The maximum atomic E-state index is 11.5. The number of rotatable bonds is 11. The van der Waals surface area contributed by atoms with Gasteiger partial charge in [-0.25, -0.2) is 4.79 Å². The fraction of sp³-hybridized carbons (Fsp3) is 0.800. The molecule has 0 aliphatic rings. The number of esters is 1. The van der Waals surface area contributed by atoms with Gasteiger partial charge >= 0.3 is 5.97 Å². The van der Waals surface area contributed by atoms with E-state index in [9.17, 15) is 4.79 Å². The van der Waals surface area contributed by atoms with Gasteiger partial charge in [0.1, 0.15) is 0 Å². The topological polar surface area (TPSA) is 26.3 Å². The maximum Gasteiger partial charge on any atom is 0.330 e. The minimum Gasteiger partial charge on any atom is -0.463 e.